The number of hydrogen-bond donors (Lipinski definition) is 2. The van der Waals surface area contributed by atoms with Crippen molar-refractivity contribution < 1.29 is 0 Å². The fourth-order valence-electron chi connectivity index (χ4n) is 0.684. The quantitative estimate of drug-likeness (QED) is 0.493. The molecule has 0 atom stereocenters. The highest BCUT2D eigenvalue weighted by Crippen LogP contribution is 2.29. The van der Waals surface area contributed by atoms with E-state index in [0.717, 1.165) is 10.6 Å². The lowest BCUT2D eigenvalue weighted by molar-refractivity contribution is 1.40. The fourth-order valence-corrected chi connectivity index (χ4v) is 1.53. The Kier molecular flexibility index (Phi) is 2.96. The molecule has 0 aliphatic carbocycles. The first-order chi connectivity index (χ1) is 4.72. The summed E-state index contributed by atoms with van der Waals surface area (Å²) in [6, 6.07) is 7.54. The molecule has 1 rings (SSSR count). The van der Waals surface area contributed by atoms with Gasteiger partial charge in [-0.25, -0.2) is 0 Å². The predicted octanol–water partition coefficient (Wildman–Crippen LogP) is 3.20. The first-order valence-corrected chi connectivity index (χ1v) is 4.23. The average molecular weight is 191 g/mol. The van der Waals surface area contributed by atoms with E-state index in [0.29, 0.717) is 0 Å². The van der Waals surface area contributed by atoms with Crippen LogP contribution in [0.2, 0.25) is 5.02 Å². The molecular formula is C7H7ClS2. The summed E-state index contributed by atoms with van der Waals surface area (Å²) in [7, 11) is 0. The van der Waals surface area contributed by atoms with Crippen LogP contribution in [0.3, 0.4) is 0 Å². The maximum atomic E-state index is 5.82. The van der Waals surface area contributed by atoms with E-state index in [1.54, 1.807) is 0 Å². The van der Waals surface area contributed by atoms with Crippen molar-refractivity contribution in [3.8, 4) is 0 Å². The summed E-state index contributed by atoms with van der Waals surface area (Å²) in [5.41, 5.74) is 0.954. The molecular weight excluding hydrogens is 184 g/mol. The summed E-state index contributed by atoms with van der Waals surface area (Å²) in [4.78, 5) is 0. The van der Waals surface area contributed by atoms with E-state index in [4.69, 9.17) is 11.6 Å². The van der Waals surface area contributed by atoms with Crippen LogP contribution in [0.1, 0.15) is 10.1 Å². The molecule has 0 N–H and O–H groups in total. The van der Waals surface area contributed by atoms with Crippen molar-refractivity contribution in [2.24, 2.45) is 0 Å². The van der Waals surface area contributed by atoms with Crippen LogP contribution in [0.4, 0.5) is 0 Å². The lowest BCUT2D eigenvalue weighted by Gasteiger charge is -2.04. The fraction of sp³-hybridized carbons (Fsp3) is 0.143. The van der Waals surface area contributed by atoms with E-state index in [1.165, 1.54) is 0 Å². The van der Waals surface area contributed by atoms with Crippen molar-refractivity contribution in [1.29, 1.82) is 0 Å². The first-order valence-electron chi connectivity index (χ1n) is 2.82. The van der Waals surface area contributed by atoms with Gasteiger partial charge in [-0.15, -0.1) is 0 Å². The van der Waals surface area contributed by atoms with E-state index >= 15 is 0 Å². The second-order valence-electron chi connectivity index (χ2n) is 1.90. The highest BCUT2D eigenvalue weighted by Gasteiger charge is 2.02. The maximum Gasteiger partial charge on any atom is 0.0706 e. The summed E-state index contributed by atoms with van der Waals surface area (Å²) in [6.07, 6.45) is 0. The van der Waals surface area contributed by atoms with Crippen LogP contribution in [-0.2, 0) is 0 Å². The highest BCUT2D eigenvalue weighted by atomic mass is 35.5. The predicted molar refractivity (Wildman–Crippen MR) is 52.2 cm³/mol. The van der Waals surface area contributed by atoms with Gasteiger partial charge >= 0.3 is 0 Å². The molecule has 0 bridgehead atoms. The van der Waals surface area contributed by atoms with Gasteiger partial charge in [0.25, 0.3) is 0 Å². The van der Waals surface area contributed by atoms with Crippen LogP contribution in [0, 0.1) is 0 Å². The van der Waals surface area contributed by atoms with Crippen LogP contribution in [0.25, 0.3) is 0 Å². The lowest BCUT2D eigenvalue weighted by Crippen LogP contribution is -1.81. The molecule has 0 nitrogen and oxygen atoms in total. The zero-order chi connectivity index (χ0) is 7.56. The Balaban J connectivity index is 3.03. The van der Waals surface area contributed by atoms with Gasteiger partial charge in [-0.1, -0.05) is 29.8 Å². The van der Waals surface area contributed by atoms with Crippen LogP contribution in [0.5, 0.6) is 0 Å². The molecule has 0 spiro atoms. The van der Waals surface area contributed by atoms with E-state index in [9.17, 15) is 0 Å². The molecule has 10 heavy (non-hydrogen) atoms. The Morgan fingerprint density at radius 1 is 1.20 bits per heavy atom. The largest absolute Gasteiger partial charge is 0.160 e. The minimum absolute atomic E-state index is 0.0892. The van der Waals surface area contributed by atoms with E-state index in [1.807, 2.05) is 24.3 Å². The van der Waals surface area contributed by atoms with E-state index in [-0.39, 0.29) is 4.58 Å². The van der Waals surface area contributed by atoms with Crippen LogP contribution >= 0.6 is 36.9 Å². The van der Waals surface area contributed by atoms with Crippen molar-refractivity contribution in [3.05, 3.63) is 34.9 Å². The van der Waals surface area contributed by atoms with E-state index in [2.05, 4.69) is 25.3 Å². The van der Waals surface area contributed by atoms with Crippen molar-refractivity contribution in [3.63, 3.8) is 0 Å². The molecule has 3 heteroatoms. The molecule has 1 aromatic rings. The number of hydrogen-bond acceptors (Lipinski definition) is 2. The van der Waals surface area contributed by atoms with Gasteiger partial charge in [0.2, 0.25) is 0 Å². The minimum atomic E-state index is -0.0892. The normalized spacial score (nSPS) is 10.4. The second-order valence-corrected chi connectivity index (χ2v) is 3.74. The van der Waals surface area contributed by atoms with Crippen molar-refractivity contribution in [2.75, 3.05) is 0 Å². The summed E-state index contributed by atoms with van der Waals surface area (Å²) >= 11 is 14.1. The molecule has 0 aliphatic rings. The first kappa shape index (κ1) is 8.31. The van der Waals surface area contributed by atoms with Gasteiger partial charge in [0.15, 0.2) is 0 Å². The molecule has 0 saturated carbocycles. The Morgan fingerprint density at radius 3 is 2.20 bits per heavy atom. The minimum Gasteiger partial charge on any atom is -0.160 e. The van der Waals surface area contributed by atoms with Gasteiger partial charge in [-0.3, -0.25) is 0 Å². The monoisotopic (exact) mass is 190 g/mol. The molecule has 54 valence electrons. The molecule has 0 amide bonds. The third-order valence-corrected chi connectivity index (χ3v) is 2.08. The zero-order valence-corrected chi connectivity index (χ0v) is 7.70. The summed E-state index contributed by atoms with van der Waals surface area (Å²) < 4.78 is -0.0892. The SMILES string of the molecule is SC(S)c1ccccc1Cl. The number of thiol groups is 2. The number of benzene rings is 1. The van der Waals surface area contributed by atoms with Crippen molar-refractivity contribution >= 4 is 36.9 Å². The van der Waals surface area contributed by atoms with Gasteiger partial charge in [-0.05, 0) is 11.6 Å². The third-order valence-electron chi connectivity index (χ3n) is 1.18. The van der Waals surface area contributed by atoms with Crippen LogP contribution in [0.15, 0.2) is 24.3 Å². The van der Waals surface area contributed by atoms with Gasteiger partial charge in [0.1, 0.15) is 0 Å². The molecule has 0 aromatic heterocycles. The van der Waals surface area contributed by atoms with Gasteiger partial charge < -0.3 is 0 Å². The number of rotatable bonds is 1. The zero-order valence-electron chi connectivity index (χ0n) is 5.16. The maximum absolute atomic E-state index is 5.82. The van der Waals surface area contributed by atoms with Crippen molar-refractivity contribution in [1.82, 2.24) is 0 Å². The lowest BCUT2D eigenvalue weighted by atomic mass is 10.2. The van der Waals surface area contributed by atoms with Gasteiger partial charge in [-0.2, -0.15) is 25.3 Å². The van der Waals surface area contributed by atoms with E-state index < -0.39 is 0 Å². The molecule has 0 heterocycles. The summed E-state index contributed by atoms with van der Waals surface area (Å²) in [6.45, 7) is 0. The highest BCUT2D eigenvalue weighted by molar-refractivity contribution is 7.98. The molecule has 0 fully saturated rings. The molecule has 0 unspecified atom stereocenters. The van der Waals surface area contributed by atoms with Crippen LogP contribution in [-0.4, -0.2) is 0 Å². The van der Waals surface area contributed by atoms with Gasteiger partial charge in [0, 0.05) is 5.02 Å². The standard InChI is InChI=1S/C7H7ClS2/c8-6-4-2-1-3-5(6)7(9)10/h1-4,7,9-10H. The molecule has 0 aliphatic heterocycles. The average Bonchev–Trinajstić information content (AvgIpc) is 1.88. The third kappa shape index (κ3) is 1.84. The molecule has 0 saturated heterocycles. The Hall–Kier alpha value is 0.210. The molecule has 1 aromatic carbocycles. The van der Waals surface area contributed by atoms with Crippen LogP contribution < -0.4 is 0 Å². The Bertz CT molecular complexity index is 223. The second kappa shape index (κ2) is 3.56. The molecule has 0 radical (unpaired) electrons. The van der Waals surface area contributed by atoms with Gasteiger partial charge in [0.05, 0.1) is 4.58 Å². The summed E-state index contributed by atoms with van der Waals surface area (Å²) in [5, 5.41) is 0.720. The van der Waals surface area contributed by atoms with Crippen molar-refractivity contribution in [2.45, 2.75) is 4.58 Å². The summed E-state index contributed by atoms with van der Waals surface area (Å²) in [5.74, 6) is 0. The topological polar surface area (TPSA) is 0 Å². The smallest absolute Gasteiger partial charge is 0.0706 e. The number of halogens is 1. The Morgan fingerprint density at radius 2 is 1.80 bits per heavy atom. The Labute approximate surface area is 76.4 Å².